The van der Waals surface area contributed by atoms with Crippen molar-refractivity contribution in [3.8, 4) is 22.6 Å². The van der Waals surface area contributed by atoms with Crippen LogP contribution in [0.4, 0.5) is 17.1 Å². The van der Waals surface area contributed by atoms with Gasteiger partial charge in [0.05, 0.1) is 16.8 Å². The Hall–Kier alpha value is -5.03. The summed E-state index contributed by atoms with van der Waals surface area (Å²) in [6, 6.07) is 36.5. The third kappa shape index (κ3) is 3.88. The molecule has 2 heterocycles. The lowest BCUT2D eigenvalue weighted by Crippen LogP contribution is -2.34. The summed E-state index contributed by atoms with van der Waals surface area (Å²) in [6.45, 7) is 8.17. The van der Waals surface area contributed by atoms with Crippen molar-refractivity contribution in [3.05, 3.63) is 137 Å². The molecule has 5 aromatic carbocycles. The highest BCUT2D eigenvalue weighted by Crippen LogP contribution is 2.58. The monoisotopic (exact) mass is 552 g/mol. The number of nitrogens with zero attached hydrogens (tertiary/aromatic N) is 1. The van der Waals surface area contributed by atoms with Crippen molar-refractivity contribution in [2.45, 2.75) is 26.4 Å². The lowest BCUT2D eigenvalue weighted by Gasteiger charge is -2.38. The maximum atomic E-state index is 13.5. The van der Waals surface area contributed by atoms with Crippen LogP contribution in [0.25, 0.3) is 11.1 Å². The summed E-state index contributed by atoms with van der Waals surface area (Å²) in [4.78, 5) is 15.7. The number of benzene rings is 5. The van der Waals surface area contributed by atoms with E-state index in [1.54, 1.807) is 0 Å². The van der Waals surface area contributed by atoms with Crippen molar-refractivity contribution >= 4 is 23.0 Å². The normalized spacial score (nSPS) is 16.2. The zero-order chi connectivity index (χ0) is 28.8. The van der Waals surface area contributed by atoms with Crippen molar-refractivity contribution in [1.82, 2.24) is 0 Å². The van der Waals surface area contributed by atoms with E-state index < -0.39 is 5.60 Å². The van der Waals surface area contributed by atoms with Crippen LogP contribution in [0.5, 0.6) is 11.5 Å². The molecule has 0 aliphatic carbocycles. The number of nitrogens with one attached hydrogen (secondary N) is 1. The van der Waals surface area contributed by atoms with Gasteiger partial charge in [0.15, 0.2) is 5.60 Å². The molecule has 2 aliphatic rings. The molecule has 5 heteroatoms. The number of anilines is 3. The second-order valence-electron chi connectivity index (χ2n) is 10.7. The van der Waals surface area contributed by atoms with Crippen LogP contribution in [0.2, 0.25) is 0 Å². The Balaban J connectivity index is 1.43. The highest BCUT2D eigenvalue weighted by molar-refractivity contribution is 5.98. The molecule has 0 saturated heterocycles. The SMILES string of the molecule is CCN(CC)c1ccc2c(c1)Oc1cccc(Nc3cccc(-c4ccccc4)c3C)c1C21OC(=O)c2ccccc21. The molecule has 0 fully saturated rings. The van der Waals surface area contributed by atoms with E-state index in [1.165, 1.54) is 0 Å². The van der Waals surface area contributed by atoms with Crippen LogP contribution in [0.3, 0.4) is 0 Å². The molecule has 1 atom stereocenters. The average molecular weight is 553 g/mol. The standard InChI is InChI=1S/C37H32N2O3/c1-4-39(5-2)26-21-22-30-34(23-26)41-33-20-12-19-32(35(33)37(30)29-17-10-9-15-28(29)36(40)42-37)38-31-18-11-16-27(24(31)3)25-13-7-6-8-14-25/h6-23,38H,4-5H2,1-3H3. The van der Waals surface area contributed by atoms with E-state index in [4.69, 9.17) is 9.47 Å². The molecule has 5 aromatic rings. The van der Waals surface area contributed by atoms with Gasteiger partial charge in [0.1, 0.15) is 11.5 Å². The van der Waals surface area contributed by atoms with E-state index in [-0.39, 0.29) is 5.97 Å². The summed E-state index contributed by atoms with van der Waals surface area (Å²) >= 11 is 0. The Kier molecular flexibility index (Phi) is 6.23. The fourth-order valence-electron chi connectivity index (χ4n) is 6.46. The second-order valence-corrected chi connectivity index (χ2v) is 10.7. The van der Waals surface area contributed by atoms with Crippen LogP contribution < -0.4 is 15.0 Å². The fourth-order valence-corrected chi connectivity index (χ4v) is 6.46. The van der Waals surface area contributed by atoms with Crippen LogP contribution in [0.15, 0.2) is 109 Å². The third-order valence-electron chi connectivity index (χ3n) is 8.53. The molecule has 0 saturated carbocycles. The first-order valence-electron chi connectivity index (χ1n) is 14.5. The van der Waals surface area contributed by atoms with Crippen LogP contribution in [0.1, 0.15) is 46.5 Å². The average Bonchev–Trinajstić information content (AvgIpc) is 3.31. The van der Waals surface area contributed by atoms with E-state index >= 15 is 0 Å². The summed E-state index contributed by atoms with van der Waals surface area (Å²) < 4.78 is 13.1. The Morgan fingerprint density at radius 3 is 2.24 bits per heavy atom. The number of esters is 1. The maximum Gasteiger partial charge on any atom is 0.340 e. The van der Waals surface area contributed by atoms with Gasteiger partial charge < -0.3 is 19.7 Å². The van der Waals surface area contributed by atoms with Gasteiger partial charge in [-0.1, -0.05) is 66.7 Å². The molecular weight excluding hydrogens is 520 g/mol. The van der Waals surface area contributed by atoms with Crippen LogP contribution in [0, 0.1) is 6.92 Å². The Morgan fingerprint density at radius 1 is 0.714 bits per heavy atom. The van der Waals surface area contributed by atoms with Gasteiger partial charge in [0.2, 0.25) is 0 Å². The van der Waals surface area contributed by atoms with E-state index in [0.717, 1.165) is 63.5 Å². The number of carbonyl (C=O) groups is 1. The minimum Gasteiger partial charge on any atom is -0.456 e. The minimum atomic E-state index is -1.16. The molecule has 7 rings (SSSR count). The zero-order valence-corrected chi connectivity index (χ0v) is 24.0. The molecule has 0 aromatic heterocycles. The molecule has 1 spiro atoms. The van der Waals surface area contributed by atoms with Crippen molar-refractivity contribution in [1.29, 1.82) is 0 Å². The number of hydrogen-bond acceptors (Lipinski definition) is 5. The maximum absolute atomic E-state index is 13.5. The quantitative estimate of drug-likeness (QED) is 0.213. The fraction of sp³-hybridized carbons (Fsp3) is 0.162. The van der Waals surface area contributed by atoms with Gasteiger partial charge >= 0.3 is 5.97 Å². The molecular formula is C37H32N2O3. The van der Waals surface area contributed by atoms with Crippen molar-refractivity contribution in [3.63, 3.8) is 0 Å². The molecule has 0 amide bonds. The van der Waals surface area contributed by atoms with Gasteiger partial charge in [-0.2, -0.15) is 0 Å². The first-order valence-corrected chi connectivity index (χ1v) is 14.5. The van der Waals surface area contributed by atoms with Crippen molar-refractivity contribution < 1.29 is 14.3 Å². The van der Waals surface area contributed by atoms with E-state index in [0.29, 0.717) is 17.1 Å². The number of hydrogen-bond donors (Lipinski definition) is 1. The molecule has 0 radical (unpaired) electrons. The summed E-state index contributed by atoms with van der Waals surface area (Å²) in [5.74, 6) is 1.01. The summed E-state index contributed by atoms with van der Waals surface area (Å²) in [7, 11) is 0. The molecule has 0 bridgehead atoms. The predicted molar refractivity (Wildman–Crippen MR) is 168 cm³/mol. The second kappa shape index (κ2) is 10.1. The van der Waals surface area contributed by atoms with E-state index in [2.05, 4.69) is 91.7 Å². The molecule has 1 N–H and O–H groups in total. The van der Waals surface area contributed by atoms with Gasteiger partial charge in [-0.05, 0) is 73.9 Å². The lowest BCUT2D eigenvalue weighted by atomic mass is 9.76. The Morgan fingerprint density at radius 2 is 1.43 bits per heavy atom. The molecule has 2 aliphatic heterocycles. The largest absolute Gasteiger partial charge is 0.456 e. The van der Waals surface area contributed by atoms with E-state index in [9.17, 15) is 4.79 Å². The Labute approximate surface area is 246 Å². The predicted octanol–water partition coefficient (Wildman–Crippen LogP) is 8.82. The summed E-state index contributed by atoms with van der Waals surface area (Å²) in [5, 5.41) is 3.71. The number of rotatable bonds is 6. The smallest absolute Gasteiger partial charge is 0.340 e. The molecule has 208 valence electrons. The molecule has 42 heavy (non-hydrogen) atoms. The molecule has 1 unspecified atom stereocenters. The third-order valence-corrected chi connectivity index (χ3v) is 8.53. The number of fused-ring (bicyclic) bond motifs is 6. The lowest BCUT2D eigenvalue weighted by molar-refractivity contribution is 0.0227. The summed E-state index contributed by atoms with van der Waals surface area (Å²) in [5.41, 5.74) is 8.13. The highest BCUT2D eigenvalue weighted by Gasteiger charge is 2.54. The van der Waals surface area contributed by atoms with E-state index in [1.807, 2.05) is 48.5 Å². The number of carbonyl (C=O) groups excluding carboxylic acids is 1. The minimum absolute atomic E-state index is 0.339. The van der Waals surface area contributed by atoms with Crippen LogP contribution in [-0.2, 0) is 10.3 Å². The van der Waals surface area contributed by atoms with Gasteiger partial charge in [-0.25, -0.2) is 4.79 Å². The van der Waals surface area contributed by atoms with Crippen LogP contribution >= 0.6 is 0 Å². The van der Waals surface area contributed by atoms with Crippen molar-refractivity contribution in [2.75, 3.05) is 23.3 Å². The van der Waals surface area contributed by atoms with Crippen molar-refractivity contribution in [2.24, 2.45) is 0 Å². The highest BCUT2D eigenvalue weighted by atomic mass is 16.6. The van der Waals surface area contributed by atoms with Gasteiger partial charge in [-0.15, -0.1) is 0 Å². The van der Waals surface area contributed by atoms with Gasteiger partial charge in [-0.3, -0.25) is 0 Å². The Bertz CT molecular complexity index is 1830. The first-order chi connectivity index (χ1) is 20.5. The van der Waals surface area contributed by atoms with Gasteiger partial charge in [0, 0.05) is 41.7 Å². The zero-order valence-electron chi connectivity index (χ0n) is 24.0. The topological polar surface area (TPSA) is 50.8 Å². The summed E-state index contributed by atoms with van der Waals surface area (Å²) in [6.07, 6.45) is 0. The van der Waals surface area contributed by atoms with Gasteiger partial charge in [0.25, 0.3) is 0 Å². The first kappa shape index (κ1) is 25.9. The molecule has 5 nitrogen and oxygen atoms in total. The van der Waals surface area contributed by atoms with Crippen LogP contribution in [-0.4, -0.2) is 19.1 Å². The number of ether oxygens (including phenoxy) is 2.